The van der Waals surface area contributed by atoms with E-state index in [0.717, 1.165) is 24.5 Å². The van der Waals surface area contributed by atoms with Crippen molar-refractivity contribution in [3.8, 4) is 0 Å². The van der Waals surface area contributed by atoms with Crippen molar-refractivity contribution in [2.24, 2.45) is 0 Å². The van der Waals surface area contributed by atoms with Gasteiger partial charge >= 0.3 is 0 Å². The topological polar surface area (TPSA) is 24.5 Å². The minimum atomic E-state index is -0.199. The number of halogens is 2. The first-order chi connectivity index (χ1) is 7.31. The van der Waals surface area contributed by atoms with Crippen LogP contribution in [-0.2, 0) is 4.74 Å². The Kier molecular flexibility index (Phi) is 4.83. The third-order valence-electron chi connectivity index (χ3n) is 2.58. The van der Waals surface area contributed by atoms with E-state index in [0.29, 0.717) is 13.2 Å². The standard InChI is InChI=1S/C11H15FN2O.ClH/c1-13-10-3-2-9(12)8-11(10)14-4-6-15-7-5-14;/h2-3,8,13H,4-7H2,1H3;1H. The number of benzene rings is 1. The van der Waals surface area contributed by atoms with Crippen molar-refractivity contribution >= 4 is 23.8 Å². The van der Waals surface area contributed by atoms with Crippen LogP contribution in [0.3, 0.4) is 0 Å². The van der Waals surface area contributed by atoms with Gasteiger partial charge in [0.05, 0.1) is 24.6 Å². The van der Waals surface area contributed by atoms with Gasteiger partial charge in [-0.25, -0.2) is 4.39 Å². The molecule has 1 aromatic rings. The van der Waals surface area contributed by atoms with Gasteiger partial charge in [-0.15, -0.1) is 12.4 Å². The maximum atomic E-state index is 13.2. The van der Waals surface area contributed by atoms with Gasteiger partial charge in [-0.3, -0.25) is 0 Å². The molecule has 0 amide bonds. The van der Waals surface area contributed by atoms with Crippen LogP contribution in [0, 0.1) is 5.82 Å². The quantitative estimate of drug-likeness (QED) is 0.865. The van der Waals surface area contributed by atoms with Crippen LogP contribution < -0.4 is 10.2 Å². The number of anilines is 2. The molecule has 0 spiro atoms. The van der Waals surface area contributed by atoms with Crippen LogP contribution >= 0.6 is 12.4 Å². The molecule has 5 heteroatoms. The number of ether oxygens (including phenoxy) is 1. The molecule has 2 rings (SSSR count). The Bertz CT molecular complexity index is 343. The molecule has 0 bridgehead atoms. The monoisotopic (exact) mass is 246 g/mol. The Morgan fingerprint density at radius 1 is 1.31 bits per heavy atom. The van der Waals surface area contributed by atoms with Gasteiger partial charge in [0.1, 0.15) is 5.82 Å². The molecule has 90 valence electrons. The second-order valence-electron chi connectivity index (χ2n) is 3.51. The van der Waals surface area contributed by atoms with Gasteiger partial charge in [0.25, 0.3) is 0 Å². The summed E-state index contributed by atoms with van der Waals surface area (Å²) in [5.74, 6) is -0.199. The van der Waals surface area contributed by atoms with Crippen LogP contribution in [0.5, 0.6) is 0 Å². The summed E-state index contributed by atoms with van der Waals surface area (Å²) in [4.78, 5) is 2.14. The van der Waals surface area contributed by atoms with Crippen molar-refractivity contribution in [3.63, 3.8) is 0 Å². The van der Waals surface area contributed by atoms with E-state index >= 15 is 0 Å². The molecule has 1 fully saturated rings. The van der Waals surface area contributed by atoms with Crippen molar-refractivity contribution < 1.29 is 9.13 Å². The predicted molar refractivity (Wildman–Crippen MR) is 66.2 cm³/mol. The lowest BCUT2D eigenvalue weighted by Gasteiger charge is -2.30. The van der Waals surface area contributed by atoms with E-state index in [9.17, 15) is 4.39 Å². The van der Waals surface area contributed by atoms with E-state index in [2.05, 4.69) is 10.2 Å². The molecule has 1 aliphatic heterocycles. The highest BCUT2D eigenvalue weighted by atomic mass is 35.5. The molecule has 1 heterocycles. The number of rotatable bonds is 2. The molecule has 0 aromatic heterocycles. The highest BCUT2D eigenvalue weighted by Gasteiger charge is 2.14. The zero-order valence-corrected chi connectivity index (χ0v) is 10.0. The van der Waals surface area contributed by atoms with Crippen LogP contribution in [0.25, 0.3) is 0 Å². The summed E-state index contributed by atoms with van der Waals surface area (Å²) in [7, 11) is 1.84. The number of nitrogens with one attached hydrogen (secondary N) is 1. The second kappa shape index (κ2) is 5.92. The number of morpholine rings is 1. The minimum Gasteiger partial charge on any atom is -0.386 e. The fraction of sp³-hybridized carbons (Fsp3) is 0.455. The van der Waals surface area contributed by atoms with E-state index < -0.39 is 0 Å². The van der Waals surface area contributed by atoms with Crippen molar-refractivity contribution in [3.05, 3.63) is 24.0 Å². The van der Waals surface area contributed by atoms with Gasteiger partial charge in [0, 0.05) is 20.1 Å². The zero-order chi connectivity index (χ0) is 10.7. The lowest BCUT2D eigenvalue weighted by molar-refractivity contribution is 0.122. The van der Waals surface area contributed by atoms with Crippen molar-refractivity contribution in [2.45, 2.75) is 0 Å². The first kappa shape index (κ1) is 13.1. The van der Waals surface area contributed by atoms with Gasteiger partial charge in [0.2, 0.25) is 0 Å². The van der Waals surface area contributed by atoms with Crippen LogP contribution in [0.1, 0.15) is 0 Å². The van der Waals surface area contributed by atoms with Crippen LogP contribution in [0.4, 0.5) is 15.8 Å². The van der Waals surface area contributed by atoms with Gasteiger partial charge in [0.15, 0.2) is 0 Å². The molecule has 1 saturated heterocycles. The summed E-state index contributed by atoms with van der Waals surface area (Å²) in [6.45, 7) is 3.05. The predicted octanol–water partition coefficient (Wildman–Crippen LogP) is 2.13. The first-order valence-electron chi connectivity index (χ1n) is 5.11. The lowest BCUT2D eigenvalue weighted by Crippen LogP contribution is -2.36. The molecule has 16 heavy (non-hydrogen) atoms. The molecule has 1 N–H and O–H groups in total. The SMILES string of the molecule is CNc1ccc(F)cc1N1CCOCC1.Cl. The fourth-order valence-corrected chi connectivity index (χ4v) is 1.78. The summed E-state index contributed by atoms with van der Waals surface area (Å²) in [5, 5.41) is 3.07. The first-order valence-corrected chi connectivity index (χ1v) is 5.11. The van der Waals surface area contributed by atoms with E-state index in [1.807, 2.05) is 7.05 Å². The molecule has 0 radical (unpaired) electrons. The number of nitrogens with zero attached hydrogens (tertiary/aromatic N) is 1. The molecule has 0 atom stereocenters. The Morgan fingerprint density at radius 2 is 2.00 bits per heavy atom. The van der Waals surface area contributed by atoms with Crippen LogP contribution in [0.2, 0.25) is 0 Å². The van der Waals surface area contributed by atoms with Crippen LogP contribution in [-0.4, -0.2) is 33.4 Å². The molecule has 0 unspecified atom stereocenters. The third-order valence-corrected chi connectivity index (χ3v) is 2.58. The summed E-state index contributed by atoms with van der Waals surface area (Å²) >= 11 is 0. The average molecular weight is 247 g/mol. The van der Waals surface area contributed by atoms with E-state index in [4.69, 9.17) is 4.74 Å². The Labute approximate surface area is 101 Å². The highest BCUT2D eigenvalue weighted by Crippen LogP contribution is 2.27. The minimum absolute atomic E-state index is 0. The lowest BCUT2D eigenvalue weighted by atomic mass is 10.2. The summed E-state index contributed by atoms with van der Waals surface area (Å²) in [6.07, 6.45) is 0. The summed E-state index contributed by atoms with van der Waals surface area (Å²) in [6, 6.07) is 4.80. The molecule has 0 saturated carbocycles. The smallest absolute Gasteiger partial charge is 0.125 e. The number of hydrogen-bond acceptors (Lipinski definition) is 3. The molecule has 1 aliphatic rings. The molecule has 3 nitrogen and oxygen atoms in total. The summed E-state index contributed by atoms with van der Waals surface area (Å²) in [5.41, 5.74) is 1.87. The Hall–Kier alpha value is -1.00. The maximum absolute atomic E-state index is 13.2. The van der Waals surface area contributed by atoms with E-state index in [-0.39, 0.29) is 18.2 Å². The molecule has 1 aromatic carbocycles. The van der Waals surface area contributed by atoms with Gasteiger partial charge in [-0.1, -0.05) is 0 Å². The third kappa shape index (κ3) is 2.77. The highest BCUT2D eigenvalue weighted by molar-refractivity contribution is 5.85. The van der Waals surface area contributed by atoms with Gasteiger partial charge in [-0.05, 0) is 18.2 Å². The van der Waals surface area contributed by atoms with Crippen molar-refractivity contribution in [2.75, 3.05) is 43.6 Å². The Morgan fingerprint density at radius 3 is 2.62 bits per heavy atom. The molecular formula is C11H16ClFN2O. The van der Waals surface area contributed by atoms with Crippen molar-refractivity contribution in [1.82, 2.24) is 0 Å². The van der Waals surface area contributed by atoms with Gasteiger partial charge in [-0.2, -0.15) is 0 Å². The molecule has 0 aliphatic carbocycles. The largest absolute Gasteiger partial charge is 0.386 e. The maximum Gasteiger partial charge on any atom is 0.125 e. The van der Waals surface area contributed by atoms with Crippen molar-refractivity contribution in [1.29, 1.82) is 0 Å². The number of hydrogen-bond donors (Lipinski definition) is 1. The Balaban J connectivity index is 0.00000128. The van der Waals surface area contributed by atoms with E-state index in [1.54, 1.807) is 12.1 Å². The van der Waals surface area contributed by atoms with Gasteiger partial charge < -0.3 is 15.0 Å². The molecular weight excluding hydrogens is 231 g/mol. The zero-order valence-electron chi connectivity index (χ0n) is 9.20. The normalized spacial score (nSPS) is 15.5. The van der Waals surface area contributed by atoms with Crippen LogP contribution in [0.15, 0.2) is 18.2 Å². The van der Waals surface area contributed by atoms with E-state index in [1.165, 1.54) is 6.07 Å². The fourth-order valence-electron chi connectivity index (χ4n) is 1.78. The second-order valence-corrected chi connectivity index (χ2v) is 3.51. The average Bonchev–Trinajstić information content (AvgIpc) is 2.30. The summed E-state index contributed by atoms with van der Waals surface area (Å²) < 4.78 is 18.4.